The van der Waals surface area contributed by atoms with Gasteiger partial charge in [-0.05, 0) is 19.1 Å². The molecule has 7 heteroatoms. The molecule has 0 aliphatic rings. The zero-order valence-corrected chi connectivity index (χ0v) is 10.2. The van der Waals surface area contributed by atoms with Crippen LogP contribution in [0, 0.1) is 11.3 Å². The minimum atomic E-state index is -3.07. The van der Waals surface area contributed by atoms with E-state index in [1.54, 1.807) is 13.0 Å². The van der Waals surface area contributed by atoms with Gasteiger partial charge in [0.05, 0.1) is 23.8 Å². The van der Waals surface area contributed by atoms with Crippen LogP contribution in [0.15, 0.2) is 12.1 Å². The van der Waals surface area contributed by atoms with E-state index in [-0.39, 0.29) is 35.6 Å². The number of carbonyl (C=O) groups is 1. The Kier molecular flexibility index (Phi) is 5.21. The fourth-order valence-electron chi connectivity index (χ4n) is 1.51. The number of alkyl halides is 2. The molecule has 0 atom stereocenters. The lowest BCUT2D eigenvalue weighted by atomic mass is 10.0. The monoisotopic (exact) mass is 270 g/mol. The summed E-state index contributed by atoms with van der Waals surface area (Å²) in [6, 6.07) is 4.10. The van der Waals surface area contributed by atoms with E-state index in [9.17, 15) is 13.6 Å². The molecule has 0 heterocycles. The molecule has 0 unspecified atom stereocenters. The highest BCUT2D eigenvalue weighted by molar-refractivity contribution is 5.92. The molecule has 0 radical (unpaired) electrons. The standard InChI is InChI=1S/C12H12F2N2O3/c1-2-18-11(17)8-3-7(5-15)4-10(9(8)6-16)19-12(13)14/h3-4,12H,2,6,16H2,1H3. The van der Waals surface area contributed by atoms with Crippen molar-refractivity contribution in [3.05, 3.63) is 28.8 Å². The number of halogens is 2. The van der Waals surface area contributed by atoms with Crippen LogP contribution in [-0.2, 0) is 11.3 Å². The SMILES string of the molecule is CCOC(=O)c1cc(C#N)cc(OC(F)F)c1CN. The van der Waals surface area contributed by atoms with Gasteiger partial charge in [-0.3, -0.25) is 0 Å². The number of hydrogen-bond donors (Lipinski definition) is 1. The van der Waals surface area contributed by atoms with Crippen molar-refractivity contribution >= 4 is 5.97 Å². The lowest BCUT2D eigenvalue weighted by Crippen LogP contribution is -2.14. The molecule has 0 fully saturated rings. The summed E-state index contributed by atoms with van der Waals surface area (Å²) in [5.74, 6) is -1.03. The Balaban J connectivity index is 3.35. The number of nitriles is 1. The normalized spacial score (nSPS) is 10.1. The first kappa shape index (κ1) is 14.9. The number of rotatable bonds is 5. The second-order valence-corrected chi connectivity index (χ2v) is 3.42. The molecule has 0 aliphatic heterocycles. The molecular weight excluding hydrogens is 258 g/mol. The minimum Gasteiger partial charge on any atom is -0.462 e. The highest BCUT2D eigenvalue weighted by atomic mass is 19.3. The minimum absolute atomic E-state index is 0.0101. The quantitative estimate of drug-likeness (QED) is 0.824. The molecule has 0 saturated carbocycles. The van der Waals surface area contributed by atoms with E-state index >= 15 is 0 Å². The molecule has 0 bridgehead atoms. The van der Waals surface area contributed by atoms with Crippen molar-refractivity contribution in [3.8, 4) is 11.8 Å². The number of esters is 1. The van der Waals surface area contributed by atoms with Gasteiger partial charge in [0.25, 0.3) is 0 Å². The topological polar surface area (TPSA) is 85.3 Å². The maximum absolute atomic E-state index is 12.3. The van der Waals surface area contributed by atoms with Crippen molar-refractivity contribution in [2.24, 2.45) is 5.73 Å². The molecule has 1 rings (SSSR count). The van der Waals surface area contributed by atoms with E-state index in [0.29, 0.717) is 0 Å². The van der Waals surface area contributed by atoms with Crippen LogP contribution < -0.4 is 10.5 Å². The Morgan fingerprint density at radius 2 is 2.21 bits per heavy atom. The van der Waals surface area contributed by atoms with Crippen molar-refractivity contribution in [3.63, 3.8) is 0 Å². The molecule has 0 spiro atoms. The summed E-state index contributed by atoms with van der Waals surface area (Å²) in [7, 11) is 0. The van der Waals surface area contributed by atoms with Crippen LogP contribution in [0.4, 0.5) is 8.78 Å². The first-order valence-corrected chi connectivity index (χ1v) is 5.42. The summed E-state index contributed by atoms with van der Waals surface area (Å²) in [5, 5.41) is 8.82. The fourth-order valence-corrected chi connectivity index (χ4v) is 1.51. The molecule has 0 amide bonds. The lowest BCUT2D eigenvalue weighted by Gasteiger charge is -2.13. The van der Waals surface area contributed by atoms with Gasteiger partial charge in [-0.2, -0.15) is 14.0 Å². The Bertz CT molecular complexity index is 512. The number of nitrogens with two attached hydrogens (primary N) is 1. The third kappa shape index (κ3) is 3.63. The van der Waals surface area contributed by atoms with Gasteiger partial charge in [-0.1, -0.05) is 0 Å². The largest absolute Gasteiger partial charge is 0.462 e. The van der Waals surface area contributed by atoms with Crippen molar-refractivity contribution in [2.45, 2.75) is 20.1 Å². The van der Waals surface area contributed by atoms with Gasteiger partial charge < -0.3 is 15.2 Å². The van der Waals surface area contributed by atoms with Gasteiger partial charge in [-0.15, -0.1) is 0 Å². The van der Waals surface area contributed by atoms with Crippen molar-refractivity contribution < 1.29 is 23.0 Å². The molecule has 1 aromatic carbocycles. The Morgan fingerprint density at radius 1 is 1.53 bits per heavy atom. The summed E-state index contributed by atoms with van der Waals surface area (Å²) in [6.07, 6.45) is 0. The first-order valence-electron chi connectivity index (χ1n) is 5.42. The van der Waals surface area contributed by atoms with Crippen LogP contribution in [0.3, 0.4) is 0 Å². The summed E-state index contributed by atoms with van der Waals surface area (Å²) in [4.78, 5) is 11.7. The van der Waals surface area contributed by atoms with Gasteiger partial charge in [0.2, 0.25) is 0 Å². The number of nitrogens with zero attached hydrogens (tertiary/aromatic N) is 1. The van der Waals surface area contributed by atoms with E-state index < -0.39 is 12.6 Å². The maximum Gasteiger partial charge on any atom is 0.387 e. The predicted molar refractivity (Wildman–Crippen MR) is 61.6 cm³/mol. The van der Waals surface area contributed by atoms with Crippen molar-refractivity contribution in [1.29, 1.82) is 5.26 Å². The highest BCUT2D eigenvalue weighted by Gasteiger charge is 2.20. The van der Waals surface area contributed by atoms with E-state index in [0.717, 1.165) is 6.07 Å². The Hall–Kier alpha value is -2.20. The van der Waals surface area contributed by atoms with Crippen LogP contribution in [0.2, 0.25) is 0 Å². The average molecular weight is 270 g/mol. The molecular formula is C12H12F2N2O3. The first-order chi connectivity index (χ1) is 9.03. The molecule has 5 nitrogen and oxygen atoms in total. The lowest BCUT2D eigenvalue weighted by molar-refractivity contribution is -0.0505. The van der Waals surface area contributed by atoms with Crippen LogP contribution in [0.25, 0.3) is 0 Å². The summed E-state index contributed by atoms with van der Waals surface area (Å²) >= 11 is 0. The van der Waals surface area contributed by atoms with Crippen molar-refractivity contribution in [1.82, 2.24) is 0 Å². The van der Waals surface area contributed by atoms with Gasteiger partial charge in [-0.25, -0.2) is 4.79 Å². The smallest absolute Gasteiger partial charge is 0.387 e. The molecule has 0 aromatic heterocycles. The third-order valence-electron chi connectivity index (χ3n) is 2.25. The van der Waals surface area contributed by atoms with E-state index in [1.807, 2.05) is 0 Å². The van der Waals surface area contributed by atoms with Gasteiger partial charge in [0.15, 0.2) is 0 Å². The Morgan fingerprint density at radius 3 is 2.68 bits per heavy atom. The summed E-state index contributed by atoms with van der Waals surface area (Å²) < 4.78 is 33.6. The predicted octanol–water partition coefficient (Wildman–Crippen LogP) is 1.80. The maximum atomic E-state index is 12.3. The Labute approximate surface area is 108 Å². The highest BCUT2D eigenvalue weighted by Crippen LogP contribution is 2.26. The second kappa shape index (κ2) is 6.66. The molecule has 2 N–H and O–H groups in total. The van der Waals surface area contributed by atoms with Crippen molar-refractivity contribution in [2.75, 3.05) is 6.61 Å². The van der Waals surface area contributed by atoms with Crippen LogP contribution in [0.5, 0.6) is 5.75 Å². The van der Waals surface area contributed by atoms with E-state index in [4.69, 9.17) is 15.7 Å². The molecule has 102 valence electrons. The van der Waals surface area contributed by atoms with E-state index in [2.05, 4.69) is 4.74 Å². The van der Waals surface area contributed by atoms with Crippen LogP contribution in [-0.4, -0.2) is 19.2 Å². The third-order valence-corrected chi connectivity index (χ3v) is 2.25. The number of carbonyl (C=O) groups excluding carboxylic acids is 1. The number of hydrogen-bond acceptors (Lipinski definition) is 5. The summed E-state index contributed by atoms with van der Waals surface area (Å²) in [5.41, 5.74) is 5.49. The fraction of sp³-hybridized carbons (Fsp3) is 0.333. The molecule has 19 heavy (non-hydrogen) atoms. The van der Waals surface area contributed by atoms with Crippen LogP contribution in [0.1, 0.15) is 28.4 Å². The van der Waals surface area contributed by atoms with Gasteiger partial charge >= 0.3 is 12.6 Å². The average Bonchev–Trinajstić information content (AvgIpc) is 2.37. The van der Waals surface area contributed by atoms with Gasteiger partial charge in [0, 0.05) is 12.1 Å². The second-order valence-electron chi connectivity index (χ2n) is 3.42. The molecule has 0 saturated heterocycles. The number of benzene rings is 1. The zero-order chi connectivity index (χ0) is 14.4. The molecule has 1 aromatic rings. The zero-order valence-electron chi connectivity index (χ0n) is 10.2. The van der Waals surface area contributed by atoms with Gasteiger partial charge in [0.1, 0.15) is 5.75 Å². The summed E-state index contributed by atoms with van der Waals surface area (Å²) in [6.45, 7) is -1.55. The van der Waals surface area contributed by atoms with Crippen LogP contribution >= 0.6 is 0 Å². The number of ether oxygens (including phenoxy) is 2. The van der Waals surface area contributed by atoms with E-state index in [1.165, 1.54) is 6.07 Å². The molecule has 0 aliphatic carbocycles.